The monoisotopic (exact) mass is 1540 g/mol. The number of ether oxygens (including phenoxy) is 4. The molecular formula is C86H168O17P2. The molecule has 0 saturated heterocycles. The Labute approximate surface area is 645 Å². The van der Waals surface area contributed by atoms with Crippen molar-refractivity contribution in [1.82, 2.24) is 0 Å². The van der Waals surface area contributed by atoms with E-state index in [1.54, 1.807) is 0 Å². The normalized spacial score (nSPS) is 14.1. The van der Waals surface area contributed by atoms with Crippen LogP contribution in [0, 0.1) is 17.8 Å². The van der Waals surface area contributed by atoms with Crippen LogP contribution in [0.1, 0.15) is 453 Å². The van der Waals surface area contributed by atoms with Crippen molar-refractivity contribution >= 4 is 39.5 Å². The molecule has 3 N–H and O–H groups in total. The minimum atomic E-state index is -4.97. The van der Waals surface area contributed by atoms with Gasteiger partial charge in [-0.25, -0.2) is 9.13 Å². The van der Waals surface area contributed by atoms with Crippen LogP contribution < -0.4 is 0 Å². The van der Waals surface area contributed by atoms with Crippen molar-refractivity contribution in [2.24, 2.45) is 17.8 Å². The molecule has 0 bridgehead atoms. The summed E-state index contributed by atoms with van der Waals surface area (Å²) in [6.45, 7) is 11.9. The van der Waals surface area contributed by atoms with E-state index in [1.807, 2.05) is 0 Å². The second-order valence-corrected chi connectivity index (χ2v) is 35.0. The molecule has 19 heteroatoms. The number of phosphoric ester groups is 2. The second-order valence-electron chi connectivity index (χ2n) is 32.1. The van der Waals surface area contributed by atoms with Gasteiger partial charge in [-0.3, -0.25) is 37.3 Å². The van der Waals surface area contributed by atoms with Crippen molar-refractivity contribution in [1.29, 1.82) is 0 Å². The first kappa shape index (κ1) is 103. The topological polar surface area (TPSA) is 237 Å². The number of hydrogen-bond donors (Lipinski definition) is 3. The third-order valence-electron chi connectivity index (χ3n) is 20.5. The molecule has 0 fully saturated rings. The maximum absolute atomic E-state index is 13.1. The Morgan fingerprint density at radius 3 is 0.724 bits per heavy atom. The van der Waals surface area contributed by atoms with E-state index in [4.69, 9.17) is 37.0 Å². The summed E-state index contributed by atoms with van der Waals surface area (Å²) in [4.78, 5) is 73.1. The lowest BCUT2D eigenvalue weighted by molar-refractivity contribution is -0.161. The molecule has 17 nitrogen and oxygen atoms in total. The van der Waals surface area contributed by atoms with E-state index in [0.717, 1.165) is 108 Å². The quantitative estimate of drug-likeness (QED) is 0.0222. The maximum atomic E-state index is 13.1. The van der Waals surface area contributed by atoms with Gasteiger partial charge in [0.05, 0.1) is 26.4 Å². The lowest BCUT2D eigenvalue weighted by Crippen LogP contribution is -2.30. The van der Waals surface area contributed by atoms with E-state index in [2.05, 4.69) is 48.5 Å². The number of esters is 4. The Balaban J connectivity index is 5.18. The average molecular weight is 1540 g/mol. The molecule has 624 valence electrons. The van der Waals surface area contributed by atoms with E-state index in [-0.39, 0.29) is 25.7 Å². The fourth-order valence-corrected chi connectivity index (χ4v) is 14.9. The zero-order valence-electron chi connectivity index (χ0n) is 69.2. The minimum Gasteiger partial charge on any atom is -0.462 e. The number of unbranched alkanes of at least 4 members (excludes halogenated alkanes) is 51. The summed E-state index contributed by atoms with van der Waals surface area (Å²) in [7, 11) is -9.92. The molecule has 0 aromatic carbocycles. The van der Waals surface area contributed by atoms with Gasteiger partial charge in [-0.05, 0) is 43.4 Å². The predicted octanol–water partition coefficient (Wildman–Crippen LogP) is 26.1. The molecule has 0 saturated carbocycles. The predicted molar refractivity (Wildman–Crippen MR) is 432 cm³/mol. The molecule has 0 aromatic rings. The molecule has 0 spiro atoms. The highest BCUT2D eigenvalue weighted by Gasteiger charge is 2.30. The van der Waals surface area contributed by atoms with E-state index in [9.17, 15) is 43.2 Å². The van der Waals surface area contributed by atoms with E-state index in [1.165, 1.54) is 257 Å². The van der Waals surface area contributed by atoms with Crippen LogP contribution in [0.2, 0.25) is 0 Å². The maximum Gasteiger partial charge on any atom is 0.472 e. The van der Waals surface area contributed by atoms with Crippen LogP contribution in [-0.2, 0) is 65.4 Å². The summed E-state index contributed by atoms with van der Waals surface area (Å²) < 4.78 is 68.8. The number of hydrogen-bond acceptors (Lipinski definition) is 15. The van der Waals surface area contributed by atoms with Gasteiger partial charge >= 0.3 is 39.5 Å². The lowest BCUT2D eigenvalue weighted by Gasteiger charge is -2.21. The van der Waals surface area contributed by atoms with Crippen LogP contribution in [0.4, 0.5) is 0 Å². The summed E-state index contributed by atoms with van der Waals surface area (Å²) in [6.07, 6.45) is 67.1. The Morgan fingerprint density at radius 2 is 0.486 bits per heavy atom. The summed E-state index contributed by atoms with van der Waals surface area (Å²) in [5.74, 6) is 0.183. The molecule has 105 heavy (non-hydrogen) atoms. The van der Waals surface area contributed by atoms with Gasteiger partial charge in [0, 0.05) is 25.7 Å². The number of aliphatic hydroxyl groups is 1. The first-order valence-corrected chi connectivity index (χ1v) is 47.4. The van der Waals surface area contributed by atoms with Crippen LogP contribution in [-0.4, -0.2) is 96.7 Å². The first-order chi connectivity index (χ1) is 50.8. The highest BCUT2D eigenvalue weighted by atomic mass is 31.2. The molecule has 0 aliphatic carbocycles. The minimum absolute atomic E-state index is 0.104. The van der Waals surface area contributed by atoms with Crippen LogP contribution in [0.25, 0.3) is 0 Å². The highest BCUT2D eigenvalue weighted by Crippen LogP contribution is 2.45. The van der Waals surface area contributed by atoms with Crippen molar-refractivity contribution < 1.29 is 80.2 Å². The average Bonchev–Trinajstić information content (AvgIpc) is 0.906. The molecule has 0 heterocycles. The SMILES string of the molecule is CCCCCCCCCCCCCCCCCCCCCCCCC(=O)OC[C@H](COP(=O)(O)OC[C@@H](O)COP(=O)(O)OC[C@@H](COC(=O)CCCCCCCCCC(C)C)OC(=O)CCCCCCCCCCC(C)C)OC(=O)CCCCCCCCCCCCCCCCCCCCC(C)CC. The first-order valence-electron chi connectivity index (χ1n) is 44.4. The third kappa shape index (κ3) is 78.5. The van der Waals surface area contributed by atoms with Gasteiger partial charge in [0.1, 0.15) is 19.3 Å². The van der Waals surface area contributed by atoms with Crippen LogP contribution in [0.3, 0.4) is 0 Å². The smallest absolute Gasteiger partial charge is 0.462 e. The van der Waals surface area contributed by atoms with E-state index >= 15 is 0 Å². The molecule has 0 aromatic heterocycles. The fraction of sp³-hybridized carbons (Fsp3) is 0.953. The van der Waals surface area contributed by atoms with Gasteiger partial charge in [0.2, 0.25) is 0 Å². The third-order valence-corrected chi connectivity index (χ3v) is 22.4. The molecule has 0 amide bonds. The van der Waals surface area contributed by atoms with E-state index < -0.39 is 97.5 Å². The number of rotatable bonds is 84. The standard InChI is InChI=1S/C86H168O17P2/c1-8-10-11-12-13-14-15-16-17-18-19-20-21-22-26-29-32-35-38-46-53-60-67-83(88)96-73-81(102-85(90)69-62-55-47-39-36-33-30-27-24-23-25-28-31-34-37-45-52-59-66-79(7)9-2)75-100-104(92,93)98-71-80(87)72-99-105(94,95)101-76-82(74-97-84(89)68-61-54-49-42-44-51-58-65-78(5)6)103-86(91)70-63-56-48-41-40-43-50-57-64-77(3)4/h77-82,87H,8-76H2,1-7H3,(H,92,93)(H,94,95)/t79?,80-,81-,82-/m1/s1. The number of carbonyl (C=O) groups excluding carboxylic acids is 4. The van der Waals surface area contributed by atoms with Gasteiger partial charge in [-0.1, -0.05) is 402 Å². The van der Waals surface area contributed by atoms with Crippen molar-refractivity contribution in [3.05, 3.63) is 0 Å². The number of phosphoric acid groups is 2. The van der Waals surface area contributed by atoms with Crippen molar-refractivity contribution in [2.45, 2.75) is 471 Å². The number of aliphatic hydroxyl groups excluding tert-OH is 1. The zero-order chi connectivity index (χ0) is 77.2. The Bertz CT molecular complexity index is 2030. The lowest BCUT2D eigenvalue weighted by atomic mass is 9.99. The molecule has 0 aliphatic heterocycles. The van der Waals surface area contributed by atoms with Crippen LogP contribution in [0.15, 0.2) is 0 Å². The fourth-order valence-electron chi connectivity index (χ4n) is 13.3. The summed E-state index contributed by atoms with van der Waals surface area (Å²) in [5, 5.41) is 10.7. The Hall–Kier alpha value is -1.94. The molecular weight excluding hydrogens is 1370 g/mol. The van der Waals surface area contributed by atoms with E-state index in [0.29, 0.717) is 31.6 Å². The Morgan fingerprint density at radius 1 is 0.276 bits per heavy atom. The summed E-state index contributed by atoms with van der Waals surface area (Å²) >= 11 is 0. The van der Waals surface area contributed by atoms with Crippen molar-refractivity contribution in [2.75, 3.05) is 39.6 Å². The van der Waals surface area contributed by atoms with Gasteiger partial charge in [0.25, 0.3) is 0 Å². The van der Waals surface area contributed by atoms with Crippen molar-refractivity contribution in [3.63, 3.8) is 0 Å². The van der Waals surface area contributed by atoms with Crippen LogP contribution >= 0.6 is 15.6 Å². The van der Waals surface area contributed by atoms with Gasteiger partial charge in [0.15, 0.2) is 12.2 Å². The summed E-state index contributed by atoms with van der Waals surface area (Å²) in [5.41, 5.74) is 0. The molecule has 6 atom stereocenters. The highest BCUT2D eigenvalue weighted by molar-refractivity contribution is 7.47. The molecule has 0 aliphatic rings. The summed E-state index contributed by atoms with van der Waals surface area (Å²) in [6, 6.07) is 0. The van der Waals surface area contributed by atoms with Crippen molar-refractivity contribution in [3.8, 4) is 0 Å². The van der Waals surface area contributed by atoms with Crippen LogP contribution in [0.5, 0.6) is 0 Å². The molecule has 0 rings (SSSR count). The second kappa shape index (κ2) is 76.1. The Kier molecular flexibility index (Phi) is 74.7. The zero-order valence-corrected chi connectivity index (χ0v) is 71.0. The number of carbonyl (C=O) groups is 4. The van der Waals surface area contributed by atoms with Gasteiger partial charge in [-0.15, -0.1) is 0 Å². The van der Waals surface area contributed by atoms with Gasteiger partial charge < -0.3 is 33.8 Å². The molecule has 3 unspecified atom stereocenters. The largest absolute Gasteiger partial charge is 0.472 e. The molecule has 0 radical (unpaired) electrons. The van der Waals surface area contributed by atoms with Gasteiger partial charge in [-0.2, -0.15) is 0 Å².